The summed E-state index contributed by atoms with van der Waals surface area (Å²) in [7, 11) is 0. The molecule has 2 rings (SSSR count). The first-order chi connectivity index (χ1) is 6.25. The Morgan fingerprint density at radius 3 is 2.92 bits per heavy atom. The molecule has 66 valence electrons. The number of pyridine rings is 1. The summed E-state index contributed by atoms with van der Waals surface area (Å²) in [5.41, 5.74) is 1.10. The van der Waals surface area contributed by atoms with Crippen LogP contribution in [0, 0.1) is 30.5 Å². The summed E-state index contributed by atoms with van der Waals surface area (Å²) in [6.45, 7) is 1.81. The molecule has 1 heterocycles. The fourth-order valence-electron chi connectivity index (χ4n) is 1.02. The summed E-state index contributed by atoms with van der Waals surface area (Å²) in [5, 5.41) is 0. The molecule has 0 saturated heterocycles. The fourth-order valence-corrected chi connectivity index (χ4v) is 1.02. The van der Waals surface area contributed by atoms with E-state index in [-0.39, 0.29) is 11.5 Å². The molecule has 1 fully saturated rings. The largest absolute Gasteiger partial charge is 0.244 e. The van der Waals surface area contributed by atoms with Crippen molar-refractivity contribution in [1.29, 1.82) is 0 Å². The summed E-state index contributed by atoms with van der Waals surface area (Å²) in [6, 6.07) is 1.46. The van der Waals surface area contributed by atoms with Crippen LogP contribution in [0.2, 0.25) is 0 Å². The summed E-state index contributed by atoms with van der Waals surface area (Å²) in [5.74, 6) is 5.92. The van der Waals surface area contributed by atoms with Crippen LogP contribution in [0.1, 0.15) is 24.1 Å². The molecule has 0 aliphatic heterocycles. The molecule has 0 radical (unpaired) electrons. The third-order valence-electron chi connectivity index (χ3n) is 1.95. The molecule has 1 saturated carbocycles. The topological polar surface area (TPSA) is 12.9 Å². The summed E-state index contributed by atoms with van der Waals surface area (Å²) in [6.07, 6.45) is 3.95. The number of nitrogens with zero attached hydrogens (tertiary/aromatic N) is 1. The molecule has 0 amide bonds. The number of halogens is 1. The van der Waals surface area contributed by atoms with Gasteiger partial charge in [0.2, 0.25) is 0 Å². The lowest BCUT2D eigenvalue weighted by Gasteiger charge is -1.94. The zero-order valence-electron chi connectivity index (χ0n) is 7.47. The molecular weight excluding hydrogens is 165 g/mol. The second-order valence-corrected chi connectivity index (χ2v) is 3.39. The Balaban J connectivity index is 2.25. The molecule has 0 atom stereocenters. The van der Waals surface area contributed by atoms with Gasteiger partial charge in [0.05, 0.1) is 0 Å². The molecule has 1 aliphatic carbocycles. The third kappa shape index (κ3) is 2.06. The van der Waals surface area contributed by atoms with Gasteiger partial charge in [0.15, 0.2) is 5.82 Å². The normalized spacial score (nSPS) is 14.9. The van der Waals surface area contributed by atoms with Gasteiger partial charge < -0.3 is 0 Å². The predicted molar refractivity (Wildman–Crippen MR) is 48.5 cm³/mol. The molecule has 13 heavy (non-hydrogen) atoms. The number of aromatic nitrogens is 1. The Bertz CT molecular complexity index is 383. The van der Waals surface area contributed by atoms with Crippen LogP contribution in [0.25, 0.3) is 0 Å². The smallest absolute Gasteiger partial charge is 0.157 e. The number of hydrogen-bond acceptors (Lipinski definition) is 1. The molecular formula is C11H10FN. The van der Waals surface area contributed by atoms with Crippen molar-refractivity contribution in [3.63, 3.8) is 0 Å². The lowest BCUT2D eigenvalue weighted by atomic mass is 10.2. The quantitative estimate of drug-likeness (QED) is 0.551. The number of rotatable bonds is 0. The van der Waals surface area contributed by atoms with Gasteiger partial charge in [-0.15, -0.1) is 0 Å². The average Bonchev–Trinajstić information content (AvgIpc) is 2.86. The van der Waals surface area contributed by atoms with Crippen molar-refractivity contribution in [2.75, 3.05) is 0 Å². The molecule has 0 N–H and O–H groups in total. The molecule has 2 heteroatoms. The Labute approximate surface area is 77.0 Å². The van der Waals surface area contributed by atoms with Crippen LogP contribution >= 0.6 is 0 Å². The van der Waals surface area contributed by atoms with Gasteiger partial charge in [0.1, 0.15) is 5.69 Å². The van der Waals surface area contributed by atoms with Crippen molar-refractivity contribution in [1.82, 2.24) is 4.98 Å². The highest BCUT2D eigenvalue weighted by atomic mass is 19.1. The lowest BCUT2D eigenvalue weighted by molar-refractivity contribution is 0.615. The summed E-state index contributed by atoms with van der Waals surface area (Å²) >= 11 is 0. The van der Waals surface area contributed by atoms with E-state index in [0.717, 1.165) is 18.4 Å². The van der Waals surface area contributed by atoms with Crippen molar-refractivity contribution in [2.45, 2.75) is 19.8 Å². The molecule has 1 aromatic heterocycles. The third-order valence-corrected chi connectivity index (χ3v) is 1.95. The number of aryl methyl sites for hydroxylation is 1. The van der Waals surface area contributed by atoms with Crippen molar-refractivity contribution in [3.8, 4) is 11.8 Å². The van der Waals surface area contributed by atoms with E-state index in [1.807, 2.05) is 6.92 Å². The molecule has 0 aromatic carbocycles. The zero-order valence-corrected chi connectivity index (χ0v) is 7.47. The minimum absolute atomic E-state index is 0.275. The summed E-state index contributed by atoms with van der Waals surface area (Å²) in [4.78, 5) is 3.93. The van der Waals surface area contributed by atoms with Gasteiger partial charge in [0.25, 0.3) is 0 Å². The van der Waals surface area contributed by atoms with E-state index in [1.54, 1.807) is 6.20 Å². The SMILES string of the molecule is Cc1cnc(C#CC2CC2)c(F)c1. The minimum atomic E-state index is -0.312. The van der Waals surface area contributed by atoms with Crippen molar-refractivity contribution in [2.24, 2.45) is 5.92 Å². The van der Waals surface area contributed by atoms with Gasteiger partial charge in [-0.25, -0.2) is 9.37 Å². The first kappa shape index (κ1) is 8.25. The van der Waals surface area contributed by atoms with Gasteiger partial charge >= 0.3 is 0 Å². The highest BCUT2D eigenvalue weighted by Crippen LogP contribution is 2.27. The van der Waals surface area contributed by atoms with Crippen LogP contribution in [0.15, 0.2) is 12.3 Å². The van der Waals surface area contributed by atoms with E-state index in [0.29, 0.717) is 5.92 Å². The van der Waals surface area contributed by atoms with Gasteiger partial charge in [-0.05, 0) is 37.3 Å². The maximum atomic E-state index is 13.2. The van der Waals surface area contributed by atoms with E-state index in [1.165, 1.54) is 6.07 Å². The summed E-state index contributed by atoms with van der Waals surface area (Å²) < 4.78 is 13.2. The van der Waals surface area contributed by atoms with Gasteiger partial charge in [0, 0.05) is 12.1 Å². The van der Waals surface area contributed by atoms with E-state index in [4.69, 9.17) is 0 Å². The molecule has 0 unspecified atom stereocenters. The van der Waals surface area contributed by atoms with Crippen LogP contribution in [0.3, 0.4) is 0 Å². The second-order valence-electron chi connectivity index (χ2n) is 3.39. The standard InChI is InChI=1S/C11H10FN/c1-8-6-10(12)11(13-7-8)5-4-9-2-3-9/h6-7,9H,2-3H2,1H3. The van der Waals surface area contributed by atoms with Crippen LogP contribution in [0.4, 0.5) is 4.39 Å². The van der Waals surface area contributed by atoms with Crippen molar-refractivity contribution >= 4 is 0 Å². The van der Waals surface area contributed by atoms with Gasteiger partial charge in [-0.2, -0.15) is 0 Å². The highest BCUT2D eigenvalue weighted by Gasteiger charge is 2.17. The minimum Gasteiger partial charge on any atom is -0.244 e. The van der Waals surface area contributed by atoms with E-state index in [2.05, 4.69) is 16.8 Å². The number of hydrogen-bond donors (Lipinski definition) is 0. The van der Waals surface area contributed by atoms with Gasteiger partial charge in [-0.3, -0.25) is 0 Å². The van der Waals surface area contributed by atoms with E-state index in [9.17, 15) is 4.39 Å². The first-order valence-corrected chi connectivity index (χ1v) is 4.39. The van der Waals surface area contributed by atoms with Crippen LogP contribution in [-0.4, -0.2) is 4.98 Å². The van der Waals surface area contributed by atoms with Gasteiger partial charge in [-0.1, -0.05) is 5.92 Å². The maximum absolute atomic E-state index is 13.2. The maximum Gasteiger partial charge on any atom is 0.157 e. The highest BCUT2D eigenvalue weighted by molar-refractivity contribution is 5.31. The van der Waals surface area contributed by atoms with Crippen molar-refractivity contribution < 1.29 is 4.39 Å². The molecule has 0 spiro atoms. The first-order valence-electron chi connectivity index (χ1n) is 4.39. The Kier molecular flexibility index (Phi) is 2.02. The Hall–Kier alpha value is -1.36. The van der Waals surface area contributed by atoms with Crippen LogP contribution < -0.4 is 0 Å². The van der Waals surface area contributed by atoms with E-state index < -0.39 is 0 Å². The Morgan fingerprint density at radius 1 is 1.54 bits per heavy atom. The monoisotopic (exact) mass is 175 g/mol. The molecule has 1 nitrogen and oxygen atoms in total. The Morgan fingerprint density at radius 2 is 2.31 bits per heavy atom. The van der Waals surface area contributed by atoms with E-state index >= 15 is 0 Å². The zero-order chi connectivity index (χ0) is 9.26. The average molecular weight is 175 g/mol. The molecule has 1 aromatic rings. The van der Waals surface area contributed by atoms with Crippen molar-refractivity contribution in [3.05, 3.63) is 29.3 Å². The second kappa shape index (κ2) is 3.18. The van der Waals surface area contributed by atoms with Crippen LogP contribution in [-0.2, 0) is 0 Å². The van der Waals surface area contributed by atoms with Crippen LogP contribution in [0.5, 0.6) is 0 Å². The molecule has 1 aliphatic rings. The lowest BCUT2D eigenvalue weighted by Crippen LogP contribution is -1.89. The molecule has 0 bridgehead atoms. The fraction of sp³-hybridized carbons (Fsp3) is 0.364. The predicted octanol–water partition coefficient (Wildman–Crippen LogP) is 2.29.